The minimum atomic E-state index is -4.39. The Hall–Kier alpha value is -3.43. The number of carboxylic acids is 1. The minimum Gasteiger partial charge on any atom is -0.489 e. The van der Waals surface area contributed by atoms with Gasteiger partial charge in [0, 0.05) is 12.0 Å². The summed E-state index contributed by atoms with van der Waals surface area (Å²) in [5.41, 5.74) is 0.487. The van der Waals surface area contributed by atoms with Crippen molar-refractivity contribution < 1.29 is 42.1 Å². The van der Waals surface area contributed by atoms with Gasteiger partial charge in [-0.2, -0.15) is 13.2 Å². The number of rotatable bonds is 7. The van der Waals surface area contributed by atoms with E-state index in [1.165, 1.54) is 12.1 Å². The lowest BCUT2D eigenvalue weighted by molar-refractivity contribution is -0.187. The predicted octanol–water partition coefficient (Wildman–Crippen LogP) is 4.65. The summed E-state index contributed by atoms with van der Waals surface area (Å²) in [5.74, 6) is -2.80. The van der Waals surface area contributed by atoms with E-state index in [0.29, 0.717) is 18.8 Å². The summed E-state index contributed by atoms with van der Waals surface area (Å²) in [7, 11) is 0. The Kier molecular flexibility index (Phi) is 6.82. The van der Waals surface area contributed by atoms with E-state index in [2.05, 4.69) is 5.32 Å². The average molecular weight is 493 g/mol. The molecule has 1 aliphatic heterocycles. The van der Waals surface area contributed by atoms with Gasteiger partial charge in [0.15, 0.2) is 11.5 Å². The van der Waals surface area contributed by atoms with E-state index in [0.717, 1.165) is 11.1 Å². The average Bonchev–Trinajstić information content (AvgIpc) is 3.28. The van der Waals surface area contributed by atoms with Crippen molar-refractivity contribution in [2.75, 3.05) is 13.4 Å². The molecule has 35 heavy (non-hydrogen) atoms. The Morgan fingerprint density at radius 3 is 2.57 bits per heavy atom. The molecule has 0 spiro atoms. The van der Waals surface area contributed by atoms with Crippen LogP contribution in [0.2, 0.25) is 0 Å². The van der Waals surface area contributed by atoms with Crippen LogP contribution in [0.3, 0.4) is 0 Å². The number of halogens is 3. The second-order valence-electron chi connectivity index (χ2n) is 8.95. The molecule has 0 saturated heterocycles. The first-order valence-corrected chi connectivity index (χ1v) is 11.3. The number of aliphatic carboxylic acids is 1. The maximum absolute atomic E-state index is 13.0. The van der Waals surface area contributed by atoms with E-state index in [-0.39, 0.29) is 49.5 Å². The first-order chi connectivity index (χ1) is 16.6. The molecule has 0 bridgehead atoms. The summed E-state index contributed by atoms with van der Waals surface area (Å²) in [6, 6.07) is 10.8. The molecule has 0 atom stereocenters. The largest absolute Gasteiger partial charge is 0.489 e. The number of nitrogens with one attached hydrogen (secondary N) is 1. The third-order valence-corrected chi connectivity index (χ3v) is 6.50. The third-order valence-electron chi connectivity index (χ3n) is 6.50. The van der Waals surface area contributed by atoms with Crippen molar-refractivity contribution >= 4 is 11.9 Å². The zero-order valence-corrected chi connectivity index (χ0v) is 19.1. The Morgan fingerprint density at radius 1 is 1.17 bits per heavy atom. The Labute approximate surface area is 200 Å². The Balaban J connectivity index is 1.49. The molecule has 4 rings (SSSR count). The number of benzene rings is 2. The van der Waals surface area contributed by atoms with Crippen molar-refractivity contribution in [3.05, 3.63) is 53.1 Å². The number of carbonyl (C=O) groups is 2. The summed E-state index contributed by atoms with van der Waals surface area (Å²) >= 11 is 0. The number of fused-ring (bicyclic) bond motifs is 1. The van der Waals surface area contributed by atoms with Crippen molar-refractivity contribution in [3.8, 4) is 17.2 Å². The fraction of sp³-hybridized carbons (Fsp3) is 0.440. The Bertz CT molecular complexity index is 1110. The normalized spacial score (nSPS) is 21.4. The number of ether oxygens (including phenoxy) is 3. The first kappa shape index (κ1) is 24.7. The van der Waals surface area contributed by atoms with Gasteiger partial charge >= 0.3 is 12.1 Å². The van der Waals surface area contributed by atoms with Crippen LogP contribution in [0.5, 0.6) is 17.2 Å². The molecular formula is C25H26F3NO6. The van der Waals surface area contributed by atoms with E-state index in [1.54, 1.807) is 0 Å². The smallest absolute Gasteiger partial charge is 0.391 e. The lowest BCUT2D eigenvalue weighted by Gasteiger charge is -2.38. The molecule has 0 unspecified atom stereocenters. The van der Waals surface area contributed by atoms with E-state index >= 15 is 0 Å². The molecule has 0 radical (unpaired) electrons. The molecule has 1 amide bonds. The van der Waals surface area contributed by atoms with Crippen molar-refractivity contribution in [3.63, 3.8) is 0 Å². The van der Waals surface area contributed by atoms with Crippen LogP contribution in [-0.4, -0.2) is 42.1 Å². The van der Waals surface area contributed by atoms with E-state index < -0.39 is 29.5 Å². The molecule has 10 heteroatoms. The topological polar surface area (TPSA) is 94.1 Å². The molecule has 2 aromatic carbocycles. The molecule has 0 aromatic heterocycles. The number of hydrogen-bond donors (Lipinski definition) is 2. The number of carboxylic acid groups (broad SMARTS) is 1. The molecule has 1 fully saturated rings. The zero-order valence-electron chi connectivity index (χ0n) is 19.1. The van der Waals surface area contributed by atoms with Gasteiger partial charge in [-0.15, -0.1) is 0 Å². The molecule has 1 aliphatic carbocycles. The van der Waals surface area contributed by atoms with Crippen molar-refractivity contribution in [2.24, 2.45) is 5.92 Å². The van der Waals surface area contributed by atoms with Crippen LogP contribution in [0.25, 0.3) is 0 Å². The van der Waals surface area contributed by atoms with E-state index in [1.807, 2.05) is 31.2 Å². The zero-order chi connectivity index (χ0) is 25.2. The number of amides is 1. The molecule has 2 aliphatic rings. The van der Waals surface area contributed by atoms with Gasteiger partial charge in [0.05, 0.1) is 12.5 Å². The van der Waals surface area contributed by atoms with Crippen molar-refractivity contribution in [2.45, 2.75) is 50.7 Å². The first-order valence-electron chi connectivity index (χ1n) is 11.3. The maximum atomic E-state index is 13.0. The third kappa shape index (κ3) is 5.47. The van der Waals surface area contributed by atoms with Crippen LogP contribution < -0.4 is 19.5 Å². The van der Waals surface area contributed by atoms with Crippen LogP contribution in [-0.2, 0) is 11.2 Å². The molecular weight excluding hydrogens is 467 g/mol. The number of hydrogen-bond acceptors (Lipinski definition) is 5. The molecule has 188 valence electrons. The van der Waals surface area contributed by atoms with Gasteiger partial charge < -0.3 is 24.6 Å². The molecule has 2 N–H and O–H groups in total. The van der Waals surface area contributed by atoms with Crippen LogP contribution in [0, 0.1) is 12.8 Å². The number of aryl methyl sites for hydroxylation is 1. The van der Waals surface area contributed by atoms with Gasteiger partial charge in [0.2, 0.25) is 12.5 Å². The van der Waals surface area contributed by atoms with Gasteiger partial charge in [-0.05, 0) is 50.3 Å². The van der Waals surface area contributed by atoms with Gasteiger partial charge in [-0.1, -0.05) is 29.8 Å². The van der Waals surface area contributed by atoms with Crippen LogP contribution in [0.1, 0.15) is 47.2 Å². The van der Waals surface area contributed by atoms with Crippen LogP contribution >= 0.6 is 0 Å². The monoisotopic (exact) mass is 493 g/mol. The summed E-state index contributed by atoms with van der Waals surface area (Å²) in [5, 5.41) is 12.2. The lowest BCUT2D eigenvalue weighted by Crippen LogP contribution is -2.57. The van der Waals surface area contributed by atoms with Crippen LogP contribution in [0.4, 0.5) is 13.2 Å². The molecule has 7 nitrogen and oxygen atoms in total. The predicted molar refractivity (Wildman–Crippen MR) is 119 cm³/mol. The van der Waals surface area contributed by atoms with Gasteiger partial charge in [-0.3, -0.25) is 4.79 Å². The van der Waals surface area contributed by atoms with Gasteiger partial charge in [-0.25, -0.2) is 4.79 Å². The SMILES string of the molecule is Cc1cccc(CCOc2cc(C(=O)N[C@]3(C(=O)O)CC[C@@H](C(F)(F)F)CC3)cc3c2OCO3)c1. The van der Waals surface area contributed by atoms with Crippen LogP contribution in [0.15, 0.2) is 36.4 Å². The number of alkyl halides is 3. The van der Waals surface area contributed by atoms with E-state index in [4.69, 9.17) is 14.2 Å². The second kappa shape index (κ2) is 9.67. The standard InChI is InChI=1S/C25H26F3NO6/c1-15-3-2-4-16(11-15)7-10-33-19-12-17(13-20-21(19)35-14-34-20)22(30)29-24(23(31)32)8-5-18(6-9-24)25(26,27)28/h2-4,11-13,18H,5-10,14H2,1H3,(H,29,30)(H,31,32)/t18-,24-. The fourth-order valence-corrected chi connectivity index (χ4v) is 4.48. The molecule has 2 aromatic rings. The quantitative estimate of drug-likeness (QED) is 0.583. The molecule has 1 heterocycles. The van der Waals surface area contributed by atoms with E-state index in [9.17, 15) is 27.9 Å². The summed E-state index contributed by atoms with van der Waals surface area (Å²) in [6.45, 7) is 2.22. The highest BCUT2D eigenvalue weighted by Gasteiger charge is 2.50. The fourth-order valence-electron chi connectivity index (χ4n) is 4.48. The maximum Gasteiger partial charge on any atom is 0.391 e. The summed E-state index contributed by atoms with van der Waals surface area (Å²) in [6.07, 6.45) is -5.16. The second-order valence-corrected chi connectivity index (χ2v) is 8.95. The highest BCUT2D eigenvalue weighted by atomic mass is 19.4. The van der Waals surface area contributed by atoms with Crippen molar-refractivity contribution in [1.82, 2.24) is 5.32 Å². The van der Waals surface area contributed by atoms with Gasteiger partial charge in [0.25, 0.3) is 5.91 Å². The highest BCUT2D eigenvalue weighted by Crippen LogP contribution is 2.43. The molecule has 1 saturated carbocycles. The minimum absolute atomic E-state index is 0.0630. The summed E-state index contributed by atoms with van der Waals surface area (Å²) < 4.78 is 55.9. The summed E-state index contributed by atoms with van der Waals surface area (Å²) in [4.78, 5) is 25.0. The van der Waals surface area contributed by atoms with Gasteiger partial charge in [0.1, 0.15) is 5.54 Å². The highest BCUT2D eigenvalue weighted by molar-refractivity contribution is 5.99. The van der Waals surface area contributed by atoms with Crippen molar-refractivity contribution in [1.29, 1.82) is 0 Å². The number of carbonyl (C=O) groups excluding carboxylic acids is 1. The lowest BCUT2D eigenvalue weighted by atomic mass is 9.76. The Morgan fingerprint density at radius 2 is 1.91 bits per heavy atom.